The third-order valence-electron chi connectivity index (χ3n) is 5.70. The van der Waals surface area contributed by atoms with E-state index in [1.165, 1.54) is 17.0 Å². The van der Waals surface area contributed by atoms with Gasteiger partial charge in [0.1, 0.15) is 19.0 Å². The van der Waals surface area contributed by atoms with Crippen LogP contribution in [0.5, 0.6) is 6.01 Å². The van der Waals surface area contributed by atoms with Gasteiger partial charge in [-0.05, 0) is 24.3 Å². The van der Waals surface area contributed by atoms with Crippen LogP contribution in [0.2, 0.25) is 0 Å². The summed E-state index contributed by atoms with van der Waals surface area (Å²) in [5, 5.41) is 2.71. The van der Waals surface area contributed by atoms with Crippen LogP contribution in [0, 0.1) is 0 Å². The molecule has 1 N–H and O–H groups in total. The first-order valence-electron chi connectivity index (χ1n) is 10.4. The van der Waals surface area contributed by atoms with E-state index in [-0.39, 0.29) is 24.3 Å². The maximum Gasteiger partial charge on any atom is 0.411 e. The Morgan fingerprint density at radius 2 is 1.97 bits per heavy atom. The molecule has 10 nitrogen and oxygen atoms in total. The van der Waals surface area contributed by atoms with Gasteiger partial charge in [0, 0.05) is 56.5 Å². The molecule has 1 fully saturated rings. The highest BCUT2D eigenvalue weighted by molar-refractivity contribution is 5.88. The summed E-state index contributed by atoms with van der Waals surface area (Å²) in [6.45, 7) is 1.88. The summed E-state index contributed by atoms with van der Waals surface area (Å²) >= 11 is 0. The average Bonchev–Trinajstić information content (AvgIpc) is 2.82. The van der Waals surface area contributed by atoms with Crippen LogP contribution in [0.3, 0.4) is 0 Å². The van der Waals surface area contributed by atoms with E-state index in [1.54, 1.807) is 19.3 Å². The SMILES string of the molecule is Cn1c(OC2CCN(c3ccc4c(c3)COC(=O)N4)CC2)nc(-c2ccncn2)cc1=O. The van der Waals surface area contributed by atoms with Crippen LogP contribution in [-0.4, -0.2) is 44.8 Å². The van der Waals surface area contributed by atoms with E-state index >= 15 is 0 Å². The summed E-state index contributed by atoms with van der Waals surface area (Å²) < 4.78 is 12.6. The molecule has 10 heteroatoms. The van der Waals surface area contributed by atoms with Crippen molar-refractivity contribution in [3.05, 3.63) is 58.8 Å². The Morgan fingerprint density at radius 1 is 1.12 bits per heavy atom. The summed E-state index contributed by atoms with van der Waals surface area (Å²) in [4.78, 5) is 38.6. The summed E-state index contributed by atoms with van der Waals surface area (Å²) in [5.41, 5.74) is 3.67. The Bertz CT molecular complexity index is 1200. The Hall–Kier alpha value is -3.95. The van der Waals surface area contributed by atoms with Gasteiger partial charge in [0.05, 0.1) is 17.1 Å². The Labute approximate surface area is 183 Å². The van der Waals surface area contributed by atoms with Gasteiger partial charge in [-0.1, -0.05) is 0 Å². The summed E-state index contributed by atoms with van der Waals surface area (Å²) in [6, 6.07) is 9.39. The van der Waals surface area contributed by atoms with Crippen molar-refractivity contribution in [3.8, 4) is 17.4 Å². The molecule has 0 bridgehead atoms. The van der Waals surface area contributed by atoms with Crippen LogP contribution >= 0.6 is 0 Å². The molecule has 0 unspecified atom stereocenters. The largest absolute Gasteiger partial charge is 0.461 e. The number of nitrogens with zero attached hydrogens (tertiary/aromatic N) is 5. The molecule has 2 aliphatic heterocycles. The van der Waals surface area contributed by atoms with E-state index < -0.39 is 6.09 Å². The molecule has 4 heterocycles. The zero-order valence-corrected chi connectivity index (χ0v) is 17.5. The molecule has 32 heavy (non-hydrogen) atoms. The van der Waals surface area contributed by atoms with Crippen LogP contribution in [0.25, 0.3) is 11.4 Å². The number of cyclic esters (lactones) is 1. The van der Waals surface area contributed by atoms with Gasteiger partial charge in [-0.3, -0.25) is 14.7 Å². The summed E-state index contributed by atoms with van der Waals surface area (Å²) in [5.74, 6) is 0. The second-order valence-electron chi connectivity index (χ2n) is 7.76. The van der Waals surface area contributed by atoms with Gasteiger partial charge in [-0.25, -0.2) is 14.8 Å². The number of carbonyl (C=O) groups is 1. The molecule has 1 saturated heterocycles. The number of benzene rings is 1. The molecule has 0 saturated carbocycles. The van der Waals surface area contributed by atoms with Crippen LogP contribution < -0.4 is 20.5 Å². The van der Waals surface area contributed by atoms with Gasteiger partial charge in [-0.2, -0.15) is 4.98 Å². The molecule has 2 aliphatic rings. The molecule has 164 valence electrons. The van der Waals surface area contributed by atoms with Crippen molar-refractivity contribution >= 4 is 17.5 Å². The summed E-state index contributed by atoms with van der Waals surface area (Å²) in [6.07, 6.45) is 4.14. The van der Waals surface area contributed by atoms with Gasteiger partial charge >= 0.3 is 6.09 Å². The van der Waals surface area contributed by atoms with Gasteiger partial charge in [-0.15, -0.1) is 0 Å². The standard InChI is InChI=1S/C22H22N6O4/c1-27-20(29)11-19(18-4-7-23-13-24-18)25-21(27)32-16-5-8-28(9-6-16)15-2-3-17-14(10-15)12-31-22(30)26-17/h2-4,7,10-11,13,16H,5-6,8-9,12H2,1H3,(H,26,30). The Morgan fingerprint density at radius 3 is 2.75 bits per heavy atom. The number of hydrogen-bond donors (Lipinski definition) is 1. The molecule has 1 amide bonds. The number of carbonyl (C=O) groups excluding carboxylic acids is 1. The number of piperidine rings is 1. The Balaban J connectivity index is 1.27. The molecule has 2 aromatic heterocycles. The number of ether oxygens (including phenoxy) is 2. The normalized spacial score (nSPS) is 16.2. The van der Waals surface area contributed by atoms with E-state index in [9.17, 15) is 9.59 Å². The predicted molar refractivity (Wildman–Crippen MR) is 117 cm³/mol. The van der Waals surface area contributed by atoms with Gasteiger partial charge in [0.2, 0.25) is 0 Å². The number of aromatic nitrogens is 4. The van der Waals surface area contributed by atoms with E-state index in [4.69, 9.17) is 9.47 Å². The van der Waals surface area contributed by atoms with Crippen molar-refractivity contribution in [2.24, 2.45) is 7.05 Å². The van der Waals surface area contributed by atoms with Gasteiger partial charge in [0.15, 0.2) is 0 Å². The van der Waals surface area contributed by atoms with E-state index in [0.29, 0.717) is 11.4 Å². The van der Waals surface area contributed by atoms with Crippen molar-refractivity contribution in [2.45, 2.75) is 25.6 Å². The molecule has 0 spiro atoms. The zero-order valence-electron chi connectivity index (χ0n) is 17.5. The van der Waals surface area contributed by atoms with Gasteiger partial charge < -0.3 is 14.4 Å². The van der Waals surface area contributed by atoms with Crippen LogP contribution in [0.4, 0.5) is 16.2 Å². The van der Waals surface area contributed by atoms with E-state index in [0.717, 1.165) is 42.9 Å². The number of amides is 1. The quantitative estimate of drug-likeness (QED) is 0.666. The van der Waals surface area contributed by atoms with Crippen molar-refractivity contribution in [1.29, 1.82) is 0 Å². The number of rotatable bonds is 4. The fourth-order valence-electron chi connectivity index (χ4n) is 3.89. The van der Waals surface area contributed by atoms with Crippen molar-refractivity contribution in [2.75, 3.05) is 23.3 Å². The first-order chi connectivity index (χ1) is 15.6. The minimum Gasteiger partial charge on any atom is -0.461 e. The molecule has 0 aliphatic carbocycles. The molecule has 5 rings (SSSR count). The smallest absolute Gasteiger partial charge is 0.411 e. The van der Waals surface area contributed by atoms with Crippen LogP contribution in [-0.2, 0) is 18.4 Å². The fourth-order valence-corrected chi connectivity index (χ4v) is 3.89. The molecule has 1 aromatic carbocycles. The second kappa shape index (κ2) is 8.29. The van der Waals surface area contributed by atoms with Crippen molar-refractivity contribution in [3.63, 3.8) is 0 Å². The van der Waals surface area contributed by atoms with Gasteiger partial charge in [0.25, 0.3) is 11.6 Å². The molecular formula is C22H22N6O4. The monoisotopic (exact) mass is 434 g/mol. The Kier molecular flexibility index (Phi) is 5.18. The fraction of sp³-hybridized carbons (Fsp3) is 0.318. The van der Waals surface area contributed by atoms with Crippen LogP contribution in [0.1, 0.15) is 18.4 Å². The number of hydrogen-bond acceptors (Lipinski definition) is 8. The topological polar surface area (TPSA) is 111 Å². The third kappa shape index (κ3) is 3.98. The zero-order chi connectivity index (χ0) is 22.1. The number of anilines is 2. The minimum absolute atomic E-state index is 0.0507. The predicted octanol–water partition coefficient (Wildman–Crippen LogP) is 2.35. The van der Waals surface area contributed by atoms with E-state index in [2.05, 4.69) is 25.2 Å². The first-order valence-corrected chi connectivity index (χ1v) is 10.4. The first kappa shape index (κ1) is 20.0. The average molecular weight is 434 g/mol. The molecular weight excluding hydrogens is 412 g/mol. The maximum atomic E-state index is 12.4. The lowest BCUT2D eigenvalue weighted by molar-refractivity contribution is 0.148. The lowest BCUT2D eigenvalue weighted by Crippen LogP contribution is -2.39. The highest BCUT2D eigenvalue weighted by Gasteiger charge is 2.24. The third-order valence-corrected chi connectivity index (χ3v) is 5.70. The second-order valence-corrected chi connectivity index (χ2v) is 7.76. The van der Waals surface area contributed by atoms with Crippen molar-refractivity contribution < 1.29 is 14.3 Å². The summed E-state index contributed by atoms with van der Waals surface area (Å²) in [7, 11) is 1.65. The molecule has 0 radical (unpaired) electrons. The lowest BCUT2D eigenvalue weighted by atomic mass is 10.1. The number of fused-ring (bicyclic) bond motifs is 1. The lowest BCUT2D eigenvalue weighted by Gasteiger charge is -2.34. The molecule has 0 atom stereocenters. The highest BCUT2D eigenvalue weighted by Crippen LogP contribution is 2.29. The maximum absolute atomic E-state index is 12.4. The van der Waals surface area contributed by atoms with E-state index in [1.807, 2.05) is 18.2 Å². The van der Waals surface area contributed by atoms with Crippen molar-refractivity contribution in [1.82, 2.24) is 19.5 Å². The molecule has 3 aromatic rings. The highest BCUT2D eigenvalue weighted by atomic mass is 16.5. The number of nitrogens with one attached hydrogen (secondary N) is 1. The van der Waals surface area contributed by atoms with Crippen LogP contribution in [0.15, 0.2) is 47.7 Å². The minimum atomic E-state index is -0.421.